The van der Waals surface area contributed by atoms with Crippen LogP contribution in [0.1, 0.15) is 47.6 Å². The summed E-state index contributed by atoms with van der Waals surface area (Å²) >= 11 is 1.70. The molecule has 2 unspecified atom stereocenters. The van der Waals surface area contributed by atoms with Crippen molar-refractivity contribution in [3.63, 3.8) is 0 Å². The fraction of sp³-hybridized carbons (Fsp3) is 0.296. The molecule has 1 saturated heterocycles. The second-order valence-electron chi connectivity index (χ2n) is 8.61. The first-order chi connectivity index (χ1) is 15.5. The van der Waals surface area contributed by atoms with Gasteiger partial charge in [0.2, 0.25) is 5.91 Å². The van der Waals surface area contributed by atoms with Gasteiger partial charge >= 0.3 is 0 Å². The minimum atomic E-state index is -0.556. The molecule has 1 amide bonds. The number of nitrogens with zero attached hydrogens (tertiary/aromatic N) is 1. The van der Waals surface area contributed by atoms with Crippen LogP contribution in [0.15, 0.2) is 78.4 Å². The minimum absolute atomic E-state index is 0.0788. The summed E-state index contributed by atoms with van der Waals surface area (Å²) in [6.07, 6.45) is 2.56. The standard InChI is InChI=1S/C26H26N2OS.CH3F/c1-17-27-26(2,23-15-22(16-30-23)18-7-5-4-6-8-18)24(25(29)28(17)3)21-13-11-20(12-14-21)19-9-10-19;1-2/h4-8,11-16,19,24,27H,1,9-10H2,2-3H3;1H3. The second kappa shape index (κ2) is 8.91. The van der Waals surface area contributed by atoms with Gasteiger partial charge in [0.1, 0.15) is 5.82 Å². The van der Waals surface area contributed by atoms with Crippen molar-refractivity contribution < 1.29 is 9.18 Å². The number of thiophene rings is 1. The number of carbonyl (C=O) groups excluding carboxylic acids is 1. The molecule has 0 spiro atoms. The second-order valence-corrected chi connectivity index (χ2v) is 9.52. The topological polar surface area (TPSA) is 32.3 Å². The molecular weight excluding hydrogens is 419 g/mol. The summed E-state index contributed by atoms with van der Waals surface area (Å²) in [5.41, 5.74) is 4.25. The highest BCUT2D eigenvalue weighted by molar-refractivity contribution is 7.10. The van der Waals surface area contributed by atoms with Gasteiger partial charge in [-0.25, -0.2) is 0 Å². The smallest absolute Gasteiger partial charge is 0.238 e. The Kier molecular flexibility index (Phi) is 6.20. The molecule has 3 nitrogen and oxygen atoms in total. The number of benzene rings is 2. The average molecular weight is 449 g/mol. The summed E-state index contributed by atoms with van der Waals surface area (Å²) in [6, 6.07) is 21.3. The van der Waals surface area contributed by atoms with Crippen LogP contribution in [-0.2, 0) is 10.3 Å². The minimum Gasteiger partial charge on any atom is -0.361 e. The van der Waals surface area contributed by atoms with Crippen LogP contribution in [0.5, 0.6) is 0 Å². The fourth-order valence-electron chi connectivity index (χ4n) is 4.48. The zero-order valence-corrected chi connectivity index (χ0v) is 19.6. The molecular formula is C27H29FN2OS. The fourth-order valence-corrected chi connectivity index (χ4v) is 5.54. The van der Waals surface area contributed by atoms with E-state index in [-0.39, 0.29) is 11.8 Å². The number of likely N-dealkylation sites (N-methyl/N-ethyl adjacent to an activating group) is 1. The van der Waals surface area contributed by atoms with Crippen molar-refractivity contribution in [1.82, 2.24) is 10.2 Å². The molecule has 166 valence electrons. The Balaban J connectivity index is 0.00000119. The van der Waals surface area contributed by atoms with Crippen LogP contribution in [0.3, 0.4) is 0 Å². The molecule has 2 aromatic carbocycles. The van der Waals surface area contributed by atoms with Crippen molar-refractivity contribution in [2.75, 3.05) is 14.2 Å². The molecule has 5 rings (SSSR count). The number of halogens is 1. The number of amides is 1. The first-order valence-electron chi connectivity index (χ1n) is 10.8. The first-order valence-corrected chi connectivity index (χ1v) is 11.7. The van der Waals surface area contributed by atoms with Gasteiger partial charge in [0.05, 0.1) is 18.6 Å². The van der Waals surface area contributed by atoms with Crippen molar-refractivity contribution in [2.45, 2.75) is 37.1 Å². The number of nitrogens with one attached hydrogen (secondary N) is 1. The zero-order chi connectivity index (χ0) is 22.9. The molecule has 1 aromatic heterocycles. The summed E-state index contributed by atoms with van der Waals surface area (Å²) < 4.78 is 9.50. The van der Waals surface area contributed by atoms with Gasteiger partial charge in [-0.1, -0.05) is 61.2 Å². The summed E-state index contributed by atoms with van der Waals surface area (Å²) in [5.74, 6) is 1.11. The lowest BCUT2D eigenvalue weighted by Crippen LogP contribution is -2.57. The molecule has 5 heteroatoms. The number of carbonyl (C=O) groups is 1. The molecule has 2 fully saturated rings. The summed E-state index contributed by atoms with van der Waals surface area (Å²) in [4.78, 5) is 16.2. The number of alkyl halides is 1. The van der Waals surface area contributed by atoms with Gasteiger partial charge in [0.25, 0.3) is 0 Å². The predicted molar refractivity (Wildman–Crippen MR) is 130 cm³/mol. The Hall–Kier alpha value is -2.92. The molecule has 1 saturated carbocycles. The highest BCUT2D eigenvalue weighted by atomic mass is 32.1. The molecule has 1 N–H and O–H groups in total. The first kappa shape index (κ1) is 22.3. The van der Waals surface area contributed by atoms with Gasteiger partial charge in [-0.3, -0.25) is 9.18 Å². The van der Waals surface area contributed by atoms with Gasteiger partial charge in [0, 0.05) is 11.9 Å². The van der Waals surface area contributed by atoms with E-state index in [1.807, 2.05) is 6.07 Å². The molecule has 0 bridgehead atoms. The number of rotatable bonds is 4. The van der Waals surface area contributed by atoms with Crippen molar-refractivity contribution in [2.24, 2.45) is 0 Å². The summed E-state index contributed by atoms with van der Waals surface area (Å²) in [7, 11) is 2.30. The van der Waals surface area contributed by atoms with E-state index in [0.717, 1.165) is 10.4 Å². The molecule has 1 aliphatic heterocycles. The molecule has 3 aromatic rings. The van der Waals surface area contributed by atoms with Crippen LogP contribution >= 0.6 is 11.3 Å². The summed E-state index contributed by atoms with van der Waals surface area (Å²) in [5, 5.41) is 5.75. The van der Waals surface area contributed by atoms with Crippen LogP contribution < -0.4 is 5.32 Å². The van der Waals surface area contributed by atoms with E-state index in [4.69, 9.17) is 0 Å². The summed E-state index contributed by atoms with van der Waals surface area (Å²) in [6.45, 7) is 6.23. The maximum atomic E-state index is 13.5. The molecule has 2 atom stereocenters. The third-order valence-electron chi connectivity index (χ3n) is 6.50. The van der Waals surface area contributed by atoms with E-state index in [1.54, 1.807) is 23.3 Å². The Bertz CT molecular complexity index is 1100. The van der Waals surface area contributed by atoms with Gasteiger partial charge in [-0.2, -0.15) is 0 Å². The highest BCUT2D eigenvalue weighted by Gasteiger charge is 2.48. The number of hydrogen-bond donors (Lipinski definition) is 1. The Morgan fingerprint density at radius 3 is 2.28 bits per heavy atom. The van der Waals surface area contributed by atoms with E-state index in [0.29, 0.717) is 18.9 Å². The predicted octanol–water partition coefficient (Wildman–Crippen LogP) is 6.41. The van der Waals surface area contributed by atoms with Gasteiger partial charge in [-0.05, 0) is 59.4 Å². The van der Waals surface area contributed by atoms with Gasteiger partial charge in [-0.15, -0.1) is 11.3 Å². The third kappa shape index (κ3) is 3.97. The van der Waals surface area contributed by atoms with Crippen LogP contribution in [0.25, 0.3) is 11.1 Å². The van der Waals surface area contributed by atoms with Crippen LogP contribution in [-0.4, -0.2) is 25.0 Å². The van der Waals surface area contributed by atoms with Crippen molar-refractivity contribution in [3.8, 4) is 11.1 Å². The van der Waals surface area contributed by atoms with Gasteiger partial charge in [0.15, 0.2) is 0 Å². The highest BCUT2D eigenvalue weighted by Crippen LogP contribution is 2.46. The number of hydrogen-bond acceptors (Lipinski definition) is 3. The Morgan fingerprint density at radius 1 is 1.03 bits per heavy atom. The van der Waals surface area contributed by atoms with E-state index < -0.39 is 5.54 Å². The Labute approximate surface area is 193 Å². The molecule has 32 heavy (non-hydrogen) atoms. The van der Waals surface area contributed by atoms with E-state index in [2.05, 4.69) is 78.8 Å². The average Bonchev–Trinajstić information content (AvgIpc) is 3.55. The lowest BCUT2D eigenvalue weighted by atomic mass is 9.76. The molecule has 2 aliphatic rings. The normalized spacial score (nSPS) is 22.8. The molecule has 0 radical (unpaired) electrons. The zero-order valence-electron chi connectivity index (χ0n) is 18.8. The van der Waals surface area contributed by atoms with E-state index in [9.17, 15) is 9.18 Å². The monoisotopic (exact) mass is 448 g/mol. The van der Waals surface area contributed by atoms with E-state index >= 15 is 0 Å². The molecule has 1 aliphatic carbocycles. The lowest BCUT2D eigenvalue weighted by molar-refractivity contribution is -0.134. The Morgan fingerprint density at radius 2 is 1.66 bits per heavy atom. The maximum absolute atomic E-state index is 13.5. The SMILES string of the molecule is C=C1NC(C)(c2cc(-c3ccccc3)cs2)C(c2ccc(C3CC3)cc2)C(=O)N1C.CF. The van der Waals surface area contributed by atoms with Crippen LogP contribution in [0.2, 0.25) is 0 Å². The van der Waals surface area contributed by atoms with Crippen LogP contribution in [0, 0.1) is 0 Å². The third-order valence-corrected chi connectivity index (χ3v) is 7.67. The van der Waals surface area contributed by atoms with Gasteiger partial charge < -0.3 is 10.2 Å². The van der Waals surface area contributed by atoms with Crippen molar-refractivity contribution >= 4 is 17.2 Å². The van der Waals surface area contributed by atoms with Crippen molar-refractivity contribution in [3.05, 3.63) is 94.4 Å². The van der Waals surface area contributed by atoms with Crippen LogP contribution in [0.4, 0.5) is 4.39 Å². The van der Waals surface area contributed by atoms with Crippen molar-refractivity contribution in [1.29, 1.82) is 0 Å². The van der Waals surface area contributed by atoms with E-state index in [1.165, 1.54) is 29.5 Å². The maximum Gasteiger partial charge on any atom is 0.238 e. The largest absolute Gasteiger partial charge is 0.361 e. The molecule has 2 heterocycles. The lowest BCUT2D eigenvalue weighted by Gasteiger charge is -2.46. The quantitative estimate of drug-likeness (QED) is 0.500.